The molecule has 1 heterocycles. The Morgan fingerprint density at radius 2 is 2.04 bits per heavy atom. The van der Waals surface area contributed by atoms with Crippen molar-refractivity contribution in [1.82, 2.24) is 15.5 Å². The summed E-state index contributed by atoms with van der Waals surface area (Å²) < 4.78 is 5.23. The van der Waals surface area contributed by atoms with Gasteiger partial charge in [-0.2, -0.15) is 0 Å². The minimum Gasteiger partial charge on any atom is -0.497 e. The Morgan fingerprint density at radius 3 is 2.73 bits per heavy atom. The summed E-state index contributed by atoms with van der Waals surface area (Å²) in [7, 11) is 3.31. The van der Waals surface area contributed by atoms with E-state index >= 15 is 0 Å². The fraction of sp³-hybridized carbons (Fsp3) is 0.600. The standard InChI is InChI=1S/C20H29N3O3/c1-21-20(25)13-23-11-17(15-7-8-15)18(12-23)22-19(24)9-6-14-4-3-5-16(10-14)26-2/h3-5,10,15,17-18H,6-9,11-13H2,1-2H3,(H,21,25)(H,22,24)/t17-,18+/m0/s1. The molecule has 2 aliphatic rings. The average molecular weight is 359 g/mol. The molecule has 142 valence electrons. The number of nitrogens with zero attached hydrogens (tertiary/aromatic N) is 1. The van der Waals surface area contributed by atoms with Crippen LogP contribution in [0.3, 0.4) is 0 Å². The maximum Gasteiger partial charge on any atom is 0.233 e. The third-order valence-corrected chi connectivity index (χ3v) is 5.44. The van der Waals surface area contributed by atoms with Crippen LogP contribution < -0.4 is 15.4 Å². The molecule has 0 unspecified atom stereocenters. The lowest BCUT2D eigenvalue weighted by molar-refractivity contribution is -0.122. The molecule has 1 aliphatic heterocycles. The van der Waals surface area contributed by atoms with E-state index in [1.165, 1.54) is 12.8 Å². The maximum absolute atomic E-state index is 12.5. The van der Waals surface area contributed by atoms with E-state index in [0.717, 1.165) is 24.4 Å². The summed E-state index contributed by atoms with van der Waals surface area (Å²) >= 11 is 0. The number of ether oxygens (including phenoxy) is 1. The Morgan fingerprint density at radius 1 is 1.23 bits per heavy atom. The predicted octanol–water partition coefficient (Wildman–Crippen LogP) is 1.20. The Hall–Kier alpha value is -2.08. The molecule has 3 rings (SSSR count). The van der Waals surface area contributed by atoms with Crippen LogP contribution in [0, 0.1) is 11.8 Å². The number of rotatable bonds is 8. The second-order valence-electron chi connectivity index (χ2n) is 7.39. The predicted molar refractivity (Wildman–Crippen MR) is 100.0 cm³/mol. The molecule has 26 heavy (non-hydrogen) atoms. The van der Waals surface area contributed by atoms with Crippen molar-refractivity contribution in [3.05, 3.63) is 29.8 Å². The fourth-order valence-corrected chi connectivity index (χ4v) is 3.84. The van der Waals surface area contributed by atoms with E-state index in [9.17, 15) is 9.59 Å². The molecule has 6 heteroatoms. The lowest BCUT2D eigenvalue weighted by Crippen LogP contribution is -2.42. The highest BCUT2D eigenvalue weighted by Crippen LogP contribution is 2.41. The number of amides is 2. The van der Waals surface area contributed by atoms with Crippen molar-refractivity contribution < 1.29 is 14.3 Å². The topological polar surface area (TPSA) is 70.7 Å². The fourth-order valence-electron chi connectivity index (χ4n) is 3.84. The van der Waals surface area contributed by atoms with Crippen LogP contribution in [-0.2, 0) is 16.0 Å². The van der Waals surface area contributed by atoms with Gasteiger partial charge in [-0.25, -0.2) is 0 Å². The molecule has 2 amide bonds. The minimum atomic E-state index is 0.0320. The third-order valence-electron chi connectivity index (χ3n) is 5.44. The van der Waals surface area contributed by atoms with E-state index in [2.05, 4.69) is 15.5 Å². The van der Waals surface area contributed by atoms with Crippen molar-refractivity contribution in [1.29, 1.82) is 0 Å². The summed E-state index contributed by atoms with van der Waals surface area (Å²) in [6.07, 6.45) is 3.66. The molecule has 2 N–H and O–H groups in total. The molecule has 6 nitrogen and oxygen atoms in total. The first-order chi connectivity index (χ1) is 12.6. The molecule has 1 saturated carbocycles. The molecule has 2 fully saturated rings. The SMILES string of the molecule is CNC(=O)CN1C[C@@H](NC(=O)CCc2cccc(OC)c2)[C@H](C2CC2)C1. The van der Waals surface area contributed by atoms with Gasteiger partial charge < -0.3 is 15.4 Å². The molecule has 1 aromatic carbocycles. The van der Waals surface area contributed by atoms with Gasteiger partial charge in [-0.3, -0.25) is 14.5 Å². The normalized spacial score (nSPS) is 22.8. The quantitative estimate of drug-likeness (QED) is 0.732. The van der Waals surface area contributed by atoms with Gasteiger partial charge in [0.15, 0.2) is 0 Å². The highest BCUT2D eigenvalue weighted by Gasteiger charge is 2.43. The lowest BCUT2D eigenvalue weighted by Gasteiger charge is -2.19. The zero-order valence-electron chi connectivity index (χ0n) is 15.7. The van der Waals surface area contributed by atoms with Crippen molar-refractivity contribution in [3.8, 4) is 5.75 Å². The van der Waals surface area contributed by atoms with Gasteiger partial charge in [0.2, 0.25) is 11.8 Å². The number of carbonyl (C=O) groups excluding carboxylic acids is 2. The Bertz CT molecular complexity index is 645. The van der Waals surface area contributed by atoms with Crippen LogP contribution in [-0.4, -0.2) is 56.5 Å². The number of carbonyl (C=O) groups is 2. The maximum atomic E-state index is 12.5. The largest absolute Gasteiger partial charge is 0.497 e. The number of methoxy groups -OCH3 is 1. The van der Waals surface area contributed by atoms with Crippen LogP contribution in [0.5, 0.6) is 5.75 Å². The Kier molecular flexibility index (Phi) is 6.14. The van der Waals surface area contributed by atoms with Crippen molar-refractivity contribution in [3.63, 3.8) is 0 Å². The second kappa shape index (κ2) is 8.54. The van der Waals surface area contributed by atoms with Crippen molar-refractivity contribution in [2.24, 2.45) is 11.8 Å². The molecular formula is C20H29N3O3. The van der Waals surface area contributed by atoms with E-state index in [1.807, 2.05) is 24.3 Å². The van der Waals surface area contributed by atoms with Gasteiger partial charge in [-0.1, -0.05) is 12.1 Å². The van der Waals surface area contributed by atoms with E-state index in [4.69, 9.17) is 4.74 Å². The van der Waals surface area contributed by atoms with Gasteiger partial charge in [-0.05, 0) is 48.8 Å². The number of likely N-dealkylation sites (N-methyl/N-ethyl adjacent to an activating group) is 1. The summed E-state index contributed by atoms with van der Waals surface area (Å²) in [5, 5.41) is 5.90. The Labute approximate surface area is 155 Å². The van der Waals surface area contributed by atoms with Gasteiger partial charge in [-0.15, -0.1) is 0 Å². The first-order valence-corrected chi connectivity index (χ1v) is 9.44. The monoisotopic (exact) mass is 359 g/mol. The average Bonchev–Trinajstić information content (AvgIpc) is 3.42. The number of hydrogen-bond donors (Lipinski definition) is 2. The molecular weight excluding hydrogens is 330 g/mol. The smallest absolute Gasteiger partial charge is 0.233 e. The summed E-state index contributed by atoms with van der Waals surface area (Å²) in [6.45, 7) is 2.08. The van der Waals surface area contributed by atoms with E-state index in [-0.39, 0.29) is 17.9 Å². The van der Waals surface area contributed by atoms with Gasteiger partial charge in [0.05, 0.1) is 13.7 Å². The minimum absolute atomic E-state index is 0.0320. The molecule has 1 saturated heterocycles. The molecule has 2 atom stereocenters. The zero-order valence-corrected chi connectivity index (χ0v) is 15.7. The van der Waals surface area contributed by atoms with Crippen LogP contribution in [0.2, 0.25) is 0 Å². The number of likely N-dealkylation sites (tertiary alicyclic amines) is 1. The summed E-state index contributed by atoms with van der Waals surface area (Å²) in [5.41, 5.74) is 1.10. The summed E-state index contributed by atoms with van der Waals surface area (Å²) in [5.74, 6) is 2.11. The van der Waals surface area contributed by atoms with E-state index in [0.29, 0.717) is 31.2 Å². The number of hydrogen-bond acceptors (Lipinski definition) is 4. The van der Waals surface area contributed by atoms with Crippen molar-refractivity contribution in [2.45, 2.75) is 31.7 Å². The first-order valence-electron chi connectivity index (χ1n) is 9.44. The van der Waals surface area contributed by atoms with Gasteiger partial charge in [0.25, 0.3) is 0 Å². The van der Waals surface area contributed by atoms with Crippen LogP contribution in [0.4, 0.5) is 0 Å². The highest BCUT2D eigenvalue weighted by molar-refractivity contribution is 5.78. The second-order valence-corrected chi connectivity index (χ2v) is 7.39. The van der Waals surface area contributed by atoms with Gasteiger partial charge in [0, 0.05) is 32.6 Å². The van der Waals surface area contributed by atoms with Gasteiger partial charge in [0.1, 0.15) is 5.75 Å². The molecule has 0 bridgehead atoms. The summed E-state index contributed by atoms with van der Waals surface area (Å²) in [4.78, 5) is 26.3. The first kappa shape index (κ1) is 18.7. The lowest BCUT2D eigenvalue weighted by atomic mass is 9.98. The van der Waals surface area contributed by atoms with Crippen molar-refractivity contribution in [2.75, 3.05) is 33.8 Å². The van der Waals surface area contributed by atoms with Gasteiger partial charge >= 0.3 is 0 Å². The van der Waals surface area contributed by atoms with Crippen LogP contribution in [0.15, 0.2) is 24.3 Å². The van der Waals surface area contributed by atoms with Crippen LogP contribution in [0.1, 0.15) is 24.8 Å². The zero-order chi connectivity index (χ0) is 18.5. The molecule has 0 aromatic heterocycles. The van der Waals surface area contributed by atoms with Crippen LogP contribution >= 0.6 is 0 Å². The molecule has 1 aromatic rings. The molecule has 0 spiro atoms. The molecule has 1 aliphatic carbocycles. The number of benzene rings is 1. The number of nitrogens with one attached hydrogen (secondary N) is 2. The van der Waals surface area contributed by atoms with Crippen molar-refractivity contribution >= 4 is 11.8 Å². The van der Waals surface area contributed by atoms with Crippen LogP contribution in [0.25, 0.3) is 0 Å². The Balaban J connectivity index is 1.51. The van der Waals surface area contributed by atoms with E-state index in [1.54, 1.807) is 14.2 Å². The summed E-state index contributed by atoms with van der Waals surface area (Å²) in [6, 6.07) is 8.00. The molecule has 0 radical (unpaired) electrons. The number of aryl methyl sites for hydroxylation is 1. The highest BCUT2D eigenvalue weighted by atomic mass is 16.5. The van der Waals surface area contributed by atoms with E-state index < -0.39 is 0 Å². The third kappa shape index (κ3) is 4.97.